The van der Waals surface area contributed by atoms with Gasteiger partial charge in [0.25, 0.3) is 0 Å². The van der Waals surface area contributed by atoms with Crippen LogP contribution in [-0.4, -0.2) is 6.61 Å². The molecule has 4 heteroatoms. The van der Waals surface area contributed by atoms with Crippen molar-refractivity contribution >= 4 is 10.8 Å². The van der Waals surface area contributed by atoms with Crippen molar-refractivity contribution in [2.24, 2.45) is 0 Å². The molecule has 1 heterocycles. The van der Waals surface area contributed by atoms with Crippen LogP contribution in [0.1, 0.15) is 57.1 Å². The highest BCUT2D eigenvalue weighted by molar-refractivity contribution is 5.83. The van der Waals surface area contributed by atoms with Gasteiger partial charge in [-0.2, -0.15) is 0 Å². The molecule has 0 aliphatic heterocycles. The maximum atomic E-state index is 14.5. The van der Waals surface area contributed by atoms with Gasteiger partial charge >= 0.3 is 5.63 Å². The van der Waals surface area contributed by atoms with Gasteiger partial charge in [-0.1, -0.05) is 32.3 Å². The van der Waals surface area contributed by atoms with Crippen molar-refractivity contribution in [1.82, 2.24) is 0 Å². The molecular formula is C18H21FO3. The fraction of sp³-hybridized carbons (Fsp3) is 0.500. The molecule has 0 amide bonds. The molecule has 1 aliphatic carbocycles. The van der Waals surface area contributed by atoms with Crippen molar-refractivity contribution in [1.29, 1.82) is 0 Å². The minimum Gasteiger partial charge on any atom is -0.490 e. The Hall–Kier alpha value is -1.84. The van der Waals surface area contributed by atoms with Gasteiger partial charge in [0.1, 0.15) is 11.1 Å². The number of halogens is 1. The topological polar surface area (TPSA) is 39.4 Å². The first-order chi connectivity index (χ1) is 10.7. The standard InChI is InChI=1S/C18H21FO3/c1-2-3-10-21-14-9-8-13-11-15(12-6-4-5-7-12)22-18(20)16(13)17(14)19/h8-9,11-12H,2-7,10H2,1H3. The summed E-state index contributed by atoms with van der Waals surface area (Å²) >= 11 is 0. The Kier molecular flexibility index (Phi) is 4.46. The molecule has 0 spiro atoms. The number of benzene rings is 1. The van der Waals surface area contributed by atoms with E-state index in [1.54, 1.807) is 12.1 Å². The van der Waals surface area contributed by atoms with Crippen LogP contribution in [0.25, 0.3) is 10.8 Å². The molecule has 0 unspecified atom stereocenters. The lowest BCUT2D eigenvalue weighted by Gasteiger charge is -2.11. The Morgan fingerprint density at radius 3 is 2.82 bits per heavy atom. The van der Waals surface area contributed by atoms with Gasteiger partial charge in [-0.3, -0.25) is 0 Å². The van der Waals surface area contributed by atoms with Gasteiger partial charge in [0.15, 0.2) is 11.6 Å². The normalized spacial score (nSPS) is 15.5. The fourth-order valence-corrected chi connectivity index (χ4v) is 3.09. The van der Waals surface area contributed by atoms with Gasteiger partial charge in [0, 0.05) is 5.92 Å². The minimum absolute atomic E-state index is 0.00394. The Bertz CT molecular complexity index is 714. The van der Waals surface area contributed by atoms with E-state index in [1.807, 2.05) is 13.0 Å². The summed E-state index contributed by atoms with van der Waals surface area (Å²) in [4.78, 5) is 12.2. The zero-order valence-corrected chi connectivity index (χ0v) is 12.9. The summed E-state index contributed by atoms with van der Waals surface area (Å²) in [5, 5.41) is 0.592. The van der Waals surface area contributed by atoms with Gasteiger partial charge in [-0.15, -0.1) is 0 Å². The largest absolute Gasteiger partial charge is 0.490 e. The maximum absolute atomic E-state index is 14.5. The summed E-state index contributed by atoms with van der Waals surface area (Å²) in [7, 11) is 0. The van der Waals surface area contributed by atoms with Crippen LogP contribution in [0.15, 0.2) is 27.4 Å². The lowest BCUT2D eigenvalue weighted by molar-refractivity contribution is 0.295. The summed E-state index contributed by atoms with van der Waals surface area (Å²) < 4.78 is 25.3. The van der Waals surface area contributed by atoms with E-state index < -0.39 is 11.4 Å². The molecule has 3 rings (SSSR count). The highest BCUT2D eigenvalue weighted by atomic mass is 19.1. The zero-order valence-electron chi connectivity index (χ0n) is 12.9. The van der Waals surface area contributed by atoms with Crippen LogP contribution in [0, 0.1) is 5.82 Å². The highest BCUT2D eigenvalue weighted by Gasteiger charge is 2.22. The first-order valence-electron chi connectivity index (χ1n) is 8.09. The Morgan fingerprint density at radius 1 is 1.32 bits per heavy atom. The maximum Gasteiger partial charge on any atom is 0.346 e. The van der Waals surface area contributed by atoms with Crippen LogP contribution < -0.4 is 10.4 Å². The lowest BCUT2D eigenvalue weighted by Crippen LogP contribution is -2.08. The van der Waals surface area contributed by atoms with Gasteiger partial charge in [0.2, 0.25) is 0 Å². The Balaban J connectivity index is 1.98. The summed E-state index contributed by atoms with van der Waals surface area (Å²) in [5.41, 5.74) is -0.599. The molecule has 0 bridgehead atoms. The molecule has 0 saturated heterocycles. The van der Waals surface area contributed by atoms with Crippen LogP contribution in [-0.2, 0) is 0 Å². The molecule has 0 radical (unpaired) electrons. The van der Waals surface area contributed by atoms with E-state index in [4.69, 9.17) is 9.15 Å². The number of hydrogen-bond donors (Lipinski definition) is 0. The van der Waals surface area contributed by atoms with E-state index in [0.29, 0.717) is 23.7 Å². The molecule has 0 atom stereocenters. The van der Waals surface area contributed by atoms with E-state index in [9.17, 15) is 9.18 Å². The third-order valence-electron chi connectivity index (χ3n) is 4.36. The summed E-state index contributed by atoms with van der Waals surface area (Å²) in [6.45, 7) is 2.49. The van der Waals surface area contributed by atoms with Crippen molar-refractivity contribution in [2.45, 2.75) is 51.4 Å². The summed E-state index contributed by atoms with van der Waals surface area (Å²) in [6, 6.07) is 5.16. The average molecular weight is 304 g/mol. The first kappa shape index (κ1) is 15.1. The number of fused-ring (bicyclic) bond motifs is 1. The van der Waals surface area contributed by atoms with Crippen molar-refractivity contribution in [3.63, 3.8) is 0 Å². The van der Waals surface area contributed by atoms with E-state index in [0.717, 1.165) is 38.5 Å². The molecule has 3 nitrogen and oxygen atoms in total. The molecular weight excluding hydrogens is 283 g/mol. The monoisotopic (exact) mass is 304 g/mol. The lowest BCUT2D eigenvalue weighted by atomic mass is 10.0. The predicted molar refractivity (Wildman–Crippen MR) is 84.1 cm³/mol. The van der Waals surface area contributed by atoms with Crippen molar-refractivity contribution < 1.29 is 13.5 Å². The molecule has 1 saturated carbocycles. The molecule has 1 fully saturated rings. The fourth-order valence-electron chi connectivity index (χ4n) is 3.09. The summed E-state index contributed by atoms with van der Waals surface area (Å²) in [5.74, 6) is 0.497. The zero-order chi connectivity index (χ0) is 15.5. The predicted octanol–water partition coefficient (Wildman–Crippen LogP) is 4.77. The summed E-state index contributed by atoms with van der Waals surface area (Å²) in [6.07, 6.45) is 6.22. The van der Waals surface area contributed by atoms with Crippen molar-refractivity contribution in [3.8, 4) is 5.75 Å². The number of ether oxygens (including phenoxy) is 1. The van der Waals surface area contributed by atoms with Crippen LogP contribution >= 0.6 is 0 Å². The van der Waals surface area contributed by atoms with E-state index >= 15 is 0 Å². The molecule has 2 aromatic rings. The van der Waals surface area contributed by atoms with E-state index in [2.05, 4.69) is 0 Å². The average Bonchev–Trinajstić information content (AvgIpc) is 3.03. The van der Waals surface area contributed by atoms with Crippen LogP contribution in [0.5, 0.6) is 5.75 Å². The molecule has 118 valence electrons. The third kappa shape index (κ3) is 2.87. The minimum atomic E-state index is -0.611. The first-order valence-corrected chi connectivity index (χ1v) is 8.09. The molecule has 1 aromatic heterocycles. The number of hydrogen-bond acceptors (Lipinski definition) is 3. The second-order valence-corrected chi connectivity index (χ2v) is 5.96. The second-order valence-electron chi connectivity index (χ2n) is 5.96. The molecule has 1 aliphatic rings. The van der Waals surface area contributed by atoms with Gasteiger partial charge in [0.05, 0.1) is 6.61 Å². The smallest absolute Gasteiger partial charge is 0.346 e. The van der Waals surface area contributed by atoms with Gasteiger partial charge < -0.3 is 9.15 Å². The number of rotatable bonds is 5. The second kappa shape index (κ2) is 6.51. The van der Waals surface area contributed by atoms with Crippen molar-refractivity contribution in [3.05, 3.63) is 40.2 Å². The molecule has 0 N–H and O–H groups in total. The van der Waals surface area contributed by atoms with Gasteiger partial charge in [-0.05, 0) is 36.8 Å². The molecule has 1 aromatic carbocycles. The molecule has 22 heavy (non-hydrogen) atoms. The SMILES string of the molecule is CCCCOc1ccc2cc(C3CCCC3)oc(=O)c2c1F. The Labute approximate surface area is 129 Å². The van der Waals surface area contributed by atoms with E-state index in [1.165, 1.54) is 0 Å². The number of unbranched alkanes of at least 4 members (excludes halogenated alkanes) is 1. The van der Waals surface area contributed by atoms with Crippen LogP contribution in [0.4, 0.5) is 4.39 Å². The highest BCUT2D eigenvalue weighted by Crippen LogP contribution is 2.35. The van der Waals surface area contributed by atoms with Crippen LogP contribution in [0.3, 0.4) is 0 Å². The van der Waals surface area contributed by atoms with E-state index in [-0.39, 0.29) is 11.1 Å². The van der Waals surface area contributed by atoms with Gasteiger partial charge in [-0.25, -0.2) is 9.18 Å². The van der Waals surface area contributed by atoms with Crippen molar-refractivity contribution in [2.75, 3.05) is 6.61 Å². The van der Waals surface area contributed by atoms with Crippen LogP contribution in [0.2, 0.25) is 0 Å². The quantitative estimate of drug-likeness (QED) is 0.747. The third-order valence-corrected chi connectivity index (χ3v) is 4.36. The Morgan fingerprint density at radius 2 is 2.09 bits per heavy atom.